The molecule has 2 N–H and O–H groups in total. The topological polar surface area (TPSA) is 107 Å². The van der Waals surface area contributed by atoms with E-state index in [1.54, 1.807) is 17.0 Å². The van der Waals surface area contributed by atoms with Crippen molar-refractivity contribution in [2.45, 2.75) is 45.1 Å². The summed E-state index contributed by atoms with van der Waals surface area (Å²) in [6, 6.07) is 20.0. The number of alkyl halides is 3. The zero-order chi connectivity index (χ0) is 30.6. The van der Waals surface area contributed by atoms with Crippen molar-refractivity contribution in [1.29, 1.82) is 0 Å². The van der Waals surface area contributed by atoms with Crippen molar-refractivity contribution in [3.8, 4) is 11.4 Å². The fourth-order valence-corrected chi connectivity index (χ4v) is 5.21. The molecule has 0 aliphatic carbocycles. The van der Waals surface area contributed by atoms with Crippen LogP contribution in [0.25, 0.3) is 11.4 Å². The fraction of sp³-hybridized carbons (Fsp3) is 0.290. The number of H-pyrrole nitrogens is 1. The van der Waals surface area contributed by atoms with Crippen LogP contribution in [0.4, 0.5) is 29.3 Å². The van der Waals surface area contributed by atoms with Gasteiger partial charge in [-0.25, -0.2) is 9.78 Å². The van der Waals surface area contributed by atoms with Gasteiger partial charge >= 0.3 is 12.2 Å². The van der Waals surface area contributed by atoms with Crippen molar-refractivity contribution in [2.75, 3.05) is 18.4 Å². The predicted octanol–water partition coefficient (Wildman–Crippen LogP) is 7.01. The van der Waals surface area contributed by atoms with Gasteiger partial charge in [0.25, 0.3) is 5.69 Å². The summed E-state index contributed by atoms with van der Waals surface area (Å²) in [4.78, 5) is 36.0. The van der Waals surface area contributed by atoms with Crippen LogP contribution in [-0.4, -0.2) is 49.9 Å². The van der Waals surface area contributed by atoms with E-state index in [9.17, 15) is 28.1 Å². The summed E-state index contributed by atoms with van der Waals surface area (Å²) < 4.78 is 38.8. The highest BCUT2D eigenvalue weighted by molar-refractivity contribution is 5.89. The normalized spacial score (nSPS) is 14.4. The molecule has 4 aromatic rings. The van der Waals surface area contributed by atoms with Crippen LogP contribution in [0.5, 0.6) is 0 Å². The van der Waals surface area contributed by atoms with Crippen LogP contribution in [0.3, 0.4) is 0 Å². The maximum Gasteiger partial charge on any atom is 0.416 e. The molecule has 2 amide bonds. The summed E-state index contributed by atoms with van der Waals surface area (Å²) in [5.74, 6) is 0.517. The molecule has 3 aromatic carbocycles. The number of para-hydroxylation sites is 1. The van der Waals surface area contributed by atoms with Crippen LogP contribution in [0.15, 0.2) is 78.9 Å². The molecule has 1 saturated heterocycles. The maximum atomic E-state index is 13.4. The van der Waals surface area contributed by atoms with Gasteiger partial charge in [-0.2, -0.15) is 13.2 Å². The number of carbonyl (C=O) groups is 1. The molecule has 1 aromatic heterocycles. The average molecular weight is 593 g/mol. The van der Waals surface area contributed by atoms with Gasteiger partial charge in [0.05, 0.1) is 16.2 Å². The van der Waals surface area contributed by atoms with Gasteiger partial charge in [0.2, 0.25) is 0 Å². The monoisotopic (exact) mass is 592 g/mol. The number of benzene rings is 3. The summed E-state index contributed by atoms with van der Waals surface area (Å²) in [6.45, 7) is 4.18. The Morgan fingerprint density at radius 3 is 2.30 bits per heavy atom. The second-order valence-corrected chi connectivity index (χ2v) is 10.6. The molecule has 0 saturated carbocycles. The van der Waals surface area contributed by atoms with Gasteiger partial charge in [-0.05, 0) is 49.6 Å². The van der Waals surface area contributed by atoms with Gasteiger partial charge in [-0.1, -0.05) is 42.5 Å². The van der Waals surface area contributed by atoms with Crippen LogP contribution in [0.2, 0.25) is 0 Å². The largest absolute Gasteiger partial charge is 0.416 e. The third-order valence-electron chi connectivity index (χ3n) is 7.63. The first-order chi connectivity index (χ1) is 20.6. The van der Waals surface area contributed by atoms with E-state index in [2.05, 4.69) is 20.2 Å². The van der Waals surface area contributed by atoms with E-state index in [0.29, 0.717) is 56.1 Å². The summed E-state index contributed by atoms with van der Waals surface area (Å²) >= 11 is 0. The minimum Gasteiger partial charge on any atom is -0.342 e. The molecule has 1 fully saturated rings. The molecular weight excluding hydrogens is 561 g/mol. The number of hydrogen-bond acceptors (Lipinski definition) is 5. The van der Waals surface area contributed by atoms with E-state index in [1.165, 1.54) is 24.3 Å². The Morgan fingerprint density at radius 2 is 1.70 bits per heavy atom. The third kappa shape index (κ3) is 7.39. The SMILES string of the molecule is Cc1[nH]c(-c2ccc(C(F)(F)F)cc2)nc1CN1CCC(N(Cc2ccc([N+](=O)[O-])cc2)C(=O)Nc2ccccc2)CC1. The van der Waals surface area contributed by atoms with Gasteiger partial charge in [0, 0.05) is 61.3 Å². The zero-order valence-corrected chi connectivity index (χ0v) is 23.5. The number of piperidine rings is 1. The van der Waals surface area contributed by atoms with Gasteiger partial charge in [-0.3, -0.25) is 15.0 Å². The fourth-order valence-electron chi connectivity index (χ4n) is 5.21. The van der Waals surface area contributed by atoms with Crippen molar-refractivity contribution in [3.05, 3.63) is 111 Å². The molecule has 0 spiro atoms. The van der Waals surface area contributed by atoms with Crippen molar-refractivity contribution >= 4 is 17.4 Å². The molecule has 0 atom stereocenters. The van der Waals surface area contributed by atoms with Gasteiger partial charge in [0.1, 0.15) is 5.82 Å². The number of nitro benzene ring substituents is 1. The first-order valence-electron chi connectivity index (χ1n) is 13.9. The number of halogens is 3. The van der Waals surface area contributed by atoms with Crippen molar-refractivity contribution in [1.82, 2.24) is 19.8 Å². The smallest absolute Gasteiger partial charge is 0.342 e. The molecule has 2 heterocycles. The highest BCUT2D eigenvalue weighted by Gasteiger charge is 2.31. The minimum absolute atomic E-state index is 0.00696. The maximum absolute atomic E-state index is 13.4. The first-order valence-corrected chi connectivity index (χ1v) is 13.9. The first kappa shape index (κ1) is 29.8. The number of aryl methyl sites for hydroxylation is 1. The van der Waals surface area contributed by atoms with E-state index >= 15 is 0 Å². The molecule has 1 aliphatic heterocycles. The average Bonchev–Trinajstić information content (AvgIpc) is 3.36. The van der Waals surface area contributed by atoms with E-state index in [4.69, 9.17) is 0 Å². The molecule has 12 heteroatoms. The molecule has 224 valence electrons. The van der Waals surface area contributed by atoms with Crippen LogP contribution in [-0.2, 0) is 19.3 Å². The lowest BCUT2D eigenvalue weighted by Gasteiger charge is -2.38. The summed E-state index contributed by atoms with van der Waals surface area (Å²) in [5.41, 5.74) is 3.00. The van der Waals surface area contributed by atoms with Crippen molar-refractivity contribution in [2.24, 2.45) is 0 Å². The van der Waals surface area contributed by atoms with E-state index < -0.39 is 16.7 Å². The van der Waals surface area contributed by atoms with Crippen LogP contribution in [0.1, 0.15) is 35.4 Å². The molecule has 0 radical (unpaired) electrons. The number of aromatic amines is 1. The van der Waals surface area contributed by atoms with E-state index in [0.717, 1.165) is 29.1 Å². The second-order valence-electron chi connectivity index (χ2n) is 10.6. The molecule has 0 unspecified atom stereocenters. The third-order valence-corrected chi connectivity index (χ3v) is 7.63. The number of hydrogen-bond donors (Lipinski definition) is 2. The highest BCUT2D eigenvalue weighted by Crippen LogP contribution is 2.31. The lowest BCUT2D eigenvalue weighted by Crippen LogP contribution is -2.48. The number of nitro groups is 1. The number of likely N-dealkylation sites (tertiary alicyclic amines) is 1. The predicted molar refractivity (Wildman–Crippen MR) is 156 cm³/mol. The molecule has 0 bridgehead atoms. The zero-order valence-electron chi connectivity index (χ0n) is 23.5. The molecular formula is C31H31F3N6O3. The number of nitrogens with zero attached hydrogens (tertiary/aromatic N) is 4. The Balaban J connectivity index is 1.25. The number of anilines is 1. The lowest BCUT2D eigenvalue weighted by molar-refractivity contribution is -0.384. The van der Waals surface area contributed by atoms with Crippen LogP contribution in [0, 0.1) is 17.0 Å². The Morgan fingerprint density at radius 1 is 1.05 bits per heavy atom. The number of carbonyl (C=O) groups excluding carboxylic acids is 1. The van der Waals surface area contributed by atoms with Gasteiger partial charge in [-0.15, -0.1) is 0 Å². The number of rotatable bonds is 8. The van der Waals surface area contributed by atoms with Gasteiger partial charge in [0.15, 0.2) is 0 Å². The quantitative estimate of drug-likeness (QED) is 0.169. The number of imidazole rings is 1. The Hall–Kier alpha value is -4.71. The second kappa shape index (κ2) is 12.7. The van der Waals surface area contributed by atoms with E-state index in [1.807, 2.05) is 37.3 Å². The highest BCUT2D eigenvalue weighted by atomic mass is 19.4. The number of amides is 2. The van der Waals surface area contributed by atoms with Gasteiger partial charge < -0.3 is 15.2 Å². The Labute approximate surface area is 246 Å². The molecule has 43 heavy (non-hydrogen) atoms. The van der Waals surface area contributed by atoms with Crippen LogP contribution < -0.4 is 5.32 Å². The van der Waals surface area contributed by atoms with Crippen LogP contribution >= 0.6 is 0 Å². The van der Waals surface area contributed by atoms with E-state index in [-0.39, 0.29) is 17.8 Å². The Bertz CT molecular complexity index is 1550. The molecule has 9 nitrogen and oxygen atoms in total. The number of nitrogens with one attached hydrogen (secondary N) is 2. The number of non-ortho nitro benzene ring substituents is 1. The number of aromatic nitrogens is 2. The lowest BCUT2D eigenvalue weighted by atomic mass is 10.0. The summed E-state index contributed by atoms with van der Waals surface area (Å²) in [7, 11) is 0. The summed E-state index contributed by atoms with van der Waals surface area (Å²) in [6.07, 6.45) is -2.97. The van der Waals surface area contributed by atoms with Crippen molar-refractivity contribution in [3.63, 3.8) is 0 Å². The summed E-state index contributed by atoms with van der Waals surface area (Å²) in [5, 5.41) is 14.0. The standard InChI is InChI=1S/C31H31F3N6O3/c1-21-28(37-29(35-21)23-9-11-24(12-10-23)31(32,33)34)20-38-17-15-26(16-18-38)39(30(41)36-25-5-3-2-4-6-25)19-22-7-13-27(14-8-22)40(42)43/h2-14,26H,15-20H2,1H3,(H,35,37)(H,36,41). The number of urea groups is 1. The van der Waals surface area contributed by atoms with Crippen molar-refractivity contribution < 1.29 is 22.9 Å². The Kier molecular flexibility index (Phi) is 8.76. The molecule has 5 rings (SSSR count). The molecule has 1 aliphatic rings. The minimum atomic E-state index is -4.39.